The van der Waals surface area contributed by atoms with E-state index in [4.69, 9.17) is 0 Å². The number of amides is 1. The zero-order chi connectivity index (χ0) is 16.2. The Morgan fingerprint density at radius 3 is 2.73 bits per heavy atom. The van der Waals surface area contributed by atoms with Crippen molar-refractivity contribution in [1.82, 2.24) is 14.9 Å². The lowest BCUT2D eigenvalue weighted by Crippen LogP contribution is -2.28. The van der Waals surface area contributed by atoms with Gasteiger partial charge in [-0.1, -0.05) is 29.0 Å². The number of carbonyl (C=O) groups is 1. The summed E-state index contributed by atoms with van der Waals surface area (Å²) in [6.45, 7) is 3.65. The number of hydrogen-bond donors (Lipinski definition) is 2. The summed E-state index contributed by atoms with van der Waals surface area (Å²) in [5.41, 5.74) is 3.16. The first kappa shape index (κ1) is 16.5. The fraction of sp³-hybridized carbons (Fsp3) is 0.308. The van der Waals surface area contributed by atoms with Crippen LogP contribution in [-0.4, -0.2) is 31.1 Å². The zero-order valence-electron chi connectivity index (χ0n) is 12.2. The molecule has 1 aromatic heterocycles. The Morgan fingerprint density at radius 1 is 1.32 bits per heavy atom. The molecule has 7 nitrogen and oxygen atoms in total. The number of aryl methyl sites for hydroxylation is 2. The number of carbonyl (C=O) groups excluding carboxylic acids is 1. The summed E-state index contributed by atoms with van der Waals surface area (Å²) >= 11 is 1.20. The molecule has 2 N–H and O–H groups in total. The lowest BCUT2D eigenvalue weighted by molar-refractivity contribution is -0.116. The van der Waals surface area contributed by atoms with Crippen LogP contribution in [-0.2, 0) is 14.8 Å². The molecule has 2 aromatic rings. The van der Waals surface area contributed by atoms with Crippen molar-refractivity contribution < 1.29 is 13.2 Å². The summed E-state index contributed by atoms with van der Waals surface area (Å²) in [7, 11) is -3.62. The molecule has 9 heteroatoms. The third-order valence-corrected chi connectivity index (χ3v) is 5.10. The molecule has 1 heterocycles. The van der Waals surface area contributed by atoms with Crippen LogP contribution in [0.15, 0.2) is 28.6 Å². The average molecular weight is 340 g/mol. The first-order valence-electron chi connectivity index (χ1n) is 6.51. The number of sulfonamides is 1. The zero-order valence-corrected chi connectivity index (χ0v) is 13.8. The number of benzene rings is 1. The van der Waals surface area contributed by atoms with Gasteiger partial charge in [0, 0.05) is 13.0 Å². The average Bonchev–Trinajstić information content (AvgIpc) is 2.90. The van der Waals surface area contributed by atoms with Crippen molar-refractivity contribution in [2.24, 2.45) is 0 Å². The van der Waals surface area contributed by atoms with Crippen LogP contribution in [0.3, 0.4) is 0 Å². The van der Waals surface area contributed by atoms with E-state index >= 15 is 0 Å². The molecule has 118 valence electrons. The van der Waals surface area contributed by atoms with Crippen LogP contribution < -0.4 is 10.0 Å². The van der Waals surface area contributed by atoms with Gasteiger partial charge in [0.1, 0.15) is 5.51 Å². The van der Waals surface area contributed by atoms with E-state index in [1.165, 1.54) is 16.8 Å². The SMILES string of the molecule is Cc1ccc(S(=O)(=O)NCCC(=O)Nc2nncs2)c(C)c1. The quantitative estimate of drug-likeness (QED) is 0.829. The van der Waals surface area contributed by atoms with E-state index in [1.54, 1.807) is 25.1 Å². The Morgan fingerprint density at radius 2 is 2.09 bits per heavy atom. The monoisotopic (exact) mass is 340 g/mol. The van der Waals surface area contributed by atoms with Crippen LogP contribution in [0.2, 0.25) is 0 Å². The van der Waals surface area contributed by atoms with Crippen molar-refractivity contribution >= 4 is 32.4 Å². The number of aromatic nitrogens is 2. The van der Waals surface area contributed by atoms with Gasteiger partial charge in [0.15, 0.2) is 0 Å². The molecule has 0 aliphatic heterocycles. The molecule has 0 atom stereocenters. The lowest BCUT2D eigenvalue weighted by Gasteiger charge is -2.09. The summed E-state index contributed by atoms with van der Waals surface area (Å²) in [6.07, 6.45) is 0.0176. The highest BCUT2D eigenvalue weighted by Crippen LogP contribution is 2.16. The van der Waals surface area contributed by atoms with E-state index in [0.717, 1.165) is 5.56 Å². The van der Waals surface area contributed by atoms with Gasteiger partial charge < -0.3 is 5.32 Å². The number of nitrogens with one attached hydrogen (secondary N) is 2. The maximum Gasteiger partial charge on any atom is 0.240 e. The second-order valence-electron chi connectivity index (χ2n) is 4.71. The first-order valence-corrected chi connectivity index (χ1v) is 8.88. The molecule has 0 aliphatic rings. The van der Waals surface area contributed by atoms with E-state index in [0.29, 0.717) is 10.7 Å². The summed E-state index contributed by atoms with van der Waals surface area (Å²) in [6, 6.07) is 5.11. The standard InChI is InChI=1S/C13H16N4O3S2/c1-9-3-4-11(10(2)7-9)22(19,20)15-6-5-12(18)16-13-17-14-8-21-13/h3-4,7-8,15H,5-6H2,1-2H3,(H,16,17,18). The Balaban J connectivity index is 1.91. The molecular weight excluding hydrogens is 324 g/mol. The summed E-state index contributed by atoms with van der Waals surface area (Å²) < 4.78 is 26.8. The molecule has 0 bridgehead atoms. The smallest absolute Gasteiger partial charge is 0.240 e. The normalized spacial score (nSPS) is 11.4. The fourth-order valence-electron chi connectivity index (χ4n) is 1.89. The van der Waals surface area contributed by atoms with E-state index < -0.39 is 10.0 Å². The van der Waals surface area contributed by atoms with E-state index in [2.05, 4.69) is 20.2 Å². The van der Waals surface area contributed by atoms with Crippen LogP contribution in [0.25, 0.3) is 0 Å². The number of hydrogen-bond acceptors (Lipinski definition) is 6. The van der Waals surface area contributed by atoms with Gasteiger partial charge in [-0.2, -0.15) is 0 Å². The molecule has 2 rings (SSSR count). The Hall–Kier alpha value is -1.84. The largest absolute Gasteiger partial charge is 0.300 e. The predicted octanol–water partition coefficient (Wildman–Crippen LogP) is 1.46. The van der Waals surface area contributed by atoms with Crippen molar-refractivity contribution in [3.63, 3.8) is 0 Å². The highest BCUT2D eigenvalue weighted by atomic mass is 32.2. The predicted molar refractivity (Wildman–Crippen MR) is 84.3 cm³/mol. The summed E-state index contributed by atoms with van der Waals surface area (Å²) in [5, 5.41) is 10.2. The fourth-order valence-corrected chi connectivity index (χ4v) is 3.60. The van der Waals surface area contributed by atoms with Crippen LogP contribution in [0.5, 0.6) is 0 Å². The van der Waals surface area contributed by atoms with Gasteiger partial charge in [0.25, 0.3) is 0 Å². The number of rotatable bonds is 6. The highest BCUT2D eigenvalue weighted by Gasteiger charge is 2.16. The molecule has 0 unspecified atom stereocenters. The summed E-state index contributed by atoms with van der Waals surface area (Å²) in [4.78, 5) is 11.9. The van der Waals surface area contributed by atoms with Crippen LogP contribution in [0.4, 0.5) is 5.13 Å². The lowest BCUT2D eigenvalue weighted by atomic mass is 10.2. The third-order valence-electron chi connectivity index (χ3n) is 2.87. The van der Waals surface area contributed by atoms with E-state index in [-0.39, 0.29) is 23.8 Å². The summed E-state index contributed by atoms with van der Waals surface area (Å²) in [5.74, 6) is -0.319. The van der Waals surface area contributed by atoms with Crippen molar-refractivity contribution in [3.8, 4) is 0 Å². The van der Waals surface area contributed by atoms with Gasteiger partial charge in [-0.25, -0.2) is 13.1 Å². The maximum absolute atomic E-state index is 12.2. The Bertz CT molecular complexity index is 758. The topological polar surface area (TPSA) is 101 Å². The van der Waals surface area contributed by atoms with Crippen LogP contribution in [0, 0.1) is 13.8 Å². The van der Waals surface area contributed by atoms with E-state index in [1.807, 2.05) is 6.92 Å². The van der Waals surface area contributed by atoms with Gasteiger partial charge in [-0.15, -0.1) is 10.2 Å². The molecule has 0 saturated heterocycles. The Labute approximate surface area is 132 Å². The maximum atomic E-state index is 12.2. The molecular formula is C13H16N4O3S2. The van der Waals surface area contributed by atoms with Crippen molar-refractivity contribution in [2.45, 2.75) is 25.2 Å². The molecule has 1 amide bonds. The van der Waals surface area contributed by atoms with Crippen LogP contribution in [0.1, 0.15) is 17.5 Å². The number of nitrogens with zero attached hydrogens (tertiary/aromatic N) is 2. The molecule has 0 saturated carbocycles. The molecule has 0 fully saturated rings. The second kappa shape index (κ2) is 6.95. The first-order chi connectivity index (χ1) is 10.4. The minimum atomic E-state index is -3.62. The van der Waals surface area contributed by atoms with Gasteiger partial charge in [-0.3, -0.25) is 4.79 Å². The minimum Gasteiger partial charge on any atom is -0.300 e. The van der Waals surface area contributed by atoms with Gasteiger partial charge in [0.05, 0.1) is 4.90 Å². The molecule has 0 aliphatic carbocycles. The molecule has 0 spiro atoms. The molecule has 1 aromatic carbocycles. The molecule has 22 heavy (non-hydrogen) atoms. The van der Waals surface area contributed by atoms with Gasteiger partial charge in [0.2, 0.25) is 21.1 Å². The van der Waals surface area contributed by atoms with E-state index in [9.17, 15) is 13.2 Å². The third kappa shape index (κ3) is 4.33. The van der Waals surface area contributed by atoms with Crippen LogP contribution >= 0.6 is 11.3 Å². The number of anilines is 1. The molecule has 0 radical (unpaired) electrons. The van der Waals surface area contributed by atoms with Crippen molar-refractivity contribution in [1.29, 1.82) is 0 Å². The highest BCUT2D eigenvalue weighted by molar-refractivity contribution is 7.89. The second-order valence-corrected chi connectivity index (χ2v) is 7.28. The van der Waals surface area contributed by atoms with Crippen molar-refractivity contribution in [2.75, 3.05) is 11.9 Å². The van der Waals surface area contributed by atoms with Gasteiger partial charge in [-0.05, 0) is 25.5 Å². The van der Waals surface area contributed by atoms with Gasteiger partial charge >= 0.3 is 0 Å². The minimum absolute atomic E-state index is 0.0142. The Kier molecular flexibility index (Phi) is 5.22. The van der Waals surface area contributed by atoms with Crippen molar-refractivity contribution in [3.05, 3.63) is 34.8 Å².